The maximum atomic E-state index is 13.2. The van der Waals surface area contributed by atoms with E-state index in [9.17, 15) is 4.79 Å². The molecule has 2 aromatic carbocycles. The topological polar surface area (TPSA) is 79.7 Å². The summed E-state index contributed by atoms with van der Waals surface area (Å²) in [6.45, 7) is 14.0. The van der Waals surface area contributed by atoms with Gasteiger partial charge >= 0.3 is 0 Å². The van der Waals surface area contributed by atoms with Crippen molar-refractivity contribution < 1.29 is 0 Å². The molecular weight excluding hydrogens is 448 g/mol. The average Bonchev–Trinajstić information content (AvgIpc) is 3.35. The Balaban J connectivity index is 1.80. The molecule has 0 aliphatic carbocycles. The van der Waals surface area contributed by atoms with Crippen molar-refractivity contribution in [2.75, 3.05) is 0 Å². The van der Waals surface area contributed by atoms with Gasteiger partial charge < -0.3 is 4.98 Å². The van der Waals surface area contributed by atoms with E-state index in [0.29, 0.717) is 13.1 Å². The molecule has 0 amide bonds. The van der Waals surface area contributed by atoms with Crippen LogP contribution in [0.25, 0.3) is 10.9 Å². The molecule has 0 unspecified atom stereocenters. The predicted octanol–water partition coefficient (Wildman–Crippen LogP) is 5.82. The molecule has 36 heavy (non-hydrogen) atoms. The average molecular weight is 487 g/mol. The van der Waals surface area contributed by atoms with Crippen LogP contribution in [0.2, 0.25) is 0 Å². The molecule has 0 spiro atoms. The van der Waals surface area contributed by atoms with Crippen molar-refractivity contribution in [3.63, 3.8) is 0 Å². The van der Waals surface area contributed by atoms with Crippen LogP contribution in [-0.2, 0) is 18.6 Å². The molecule has 0 saturated heterocycles. The van der Waals surface area contributed by atoms with Gasteiger partial charge in [0.15, 0.2) is 5.82 Å². The van der Waals surface area contributed by atoms with Gasteiger partial charge in [-0.1, -0.05) is 50.6 Å². The summed E-state index contributed by atoms with van der Waals surface area (Å²) in [5.74, 6) is 0.850. The molecule has 1 atom stereocenters. The molecule has 4 aromatic rings. The number of aromatic nitrogens is 5. The summed E-state index contributed by atoms with van der Waals surface area (Å²) in [6.07, 6.45) is 2.77. The Kier molecular flexibility index (Phi) is 7.69. The van der Waals surface area contributed by atoms with Gasteiger partial charge in [0.25, 0.3) is 5.56 Å². The molecule has 0 saturated carbocycles. The van der Waals surface area contributed by atoms with E-state index in [4.69, 9.17) is 0 Å². The number of benzene rings is 2. The number of hydrogen-bond acceptors (Lipinski definition) is 5. The minimum atomic E-state index is -0.209. The first-order valence-corrected chi connectivity index (χ1v) is 12.9. The third-order valence-electron chi connectivity index (χ3n) is 7.37. The second-order valence-electron chi connectivity index (χ2n) is 10.5. The second kappa shape index (κ2) is 10.7. The number of aromatic amines is 1. The van der Waals surface area contributed by atoms with E-state index in [2.05, 4.69) is 103 Å². The molecule has 4 rings (SSSR count). The summed E-state index contributed by atoms with van der Waals surface area (Å²) in [5.41, 5.74) is 4.94. The zero-order valence-electron chi connectivity index (χ0n) is 22.4. The third kappa shape index (κ3) is 5.41. The fourth-order valence-corrected chi connectivity index (χ4v) is 4.68. The SMILES string of the molecule is CCC[C@@H](c1nnnn1C(C)(C)CC)N(Cc1ccccc1)Cc1cc2cc(C)c(C)cc2[nH]c1=O. The fourth-order valence-electron chi connectivity index (χ4n) is 4.68. The third-order valence-corrected chi connectivity index (χ3v) is 7.37. The maximum absolute atomic E-state index is 13.2. The molecule has 2 heterocycles. The smallest absolute Gasteiger partial charge is 0.252 e. The Hall–Kier alpha value is -3.32. The number of nitrogens with zero attached hydrogens (tertiary/aromatic N) is 5. The van der Waals surface area contributed by atoms with Gasteiger partial charge in [-0.3, -0.25) is 9.69 Å². The minimum Gasteiger partial charge on any atom is -0.322 e. The van der Waals surface area contributed by atoms with Gasteiger partial charge in [0, 0.05) is 24.2 Å². The largest absolute Gasteiger partial charge is 0.322 e. The first-order chi connectivity index (χ1) is 17.2. The zero-order valence-corrected chi connectivity index (χ0v) is 22.4. The monoisotopic (exact) mass is 486 g/mol. The summed E-state index contributed by atoms with van der Waals surface area (Å²) in [6, 6.07) is 16.6. The van der Waals surface area contributed by atoms with Crippen LogP contribution in [0.4, 0.5) is 0 Å². The molecule has 0 fully saturated rings. The second-order valence-corrected chi connectivity index (χ2v) is 10.5. The van der Waals surface area contributed by atoms with Crippen LogP contribution in [0.15, 0.2) is 53.3 Å². The van der Waals surface area contributed by atoms with E-state index >= 15 is 0 Å². The number of pyridine rings is 1. The van der Waals surface area contributed by atoms with Crippen molar-refractivity contribution >= 4 is 10.9 Å². The molecule has 7 heteroatoms. The number of nitrogens with one attached hydrogen (secondary N) is 1. The molecule has 2 aromatic heterocycles. The lowest BCUT2D eigenvalue weighted by atomic mass is 10.00. The number of rotatable bonds is 10. The Bertz CT molecular complexity index is 1370. The van der Waals surface area contributed by atoms with Crippen molar-refractivity contribution in [1.82, 2.24) is 30.1 Å². The van der Waals surface area contributed by atoms with Crippen molar-refractivity contribution in [3.05, 3.63) is 87.0 Å². The van der Waals surface area contributed by atoms with E-state index in [1.807, 2.05) is 16.8 Å². The Morgan fingerprint density at radius 2 is 1.75 bits per heavy atom. The molecule has 0 aliphatic heterocycles. The number of aryl methyl sites for hydroxylation is 2. The highest BCUT2D eigenvalue weighted by atomic mass is 16.1. The normalized spacial score (nSPS) is 13.0. The number of tetrazole rings is 1. The highest BCUT2D eigenvalue weighted by Crippen LogP contribution is 2.31. The van der Waals surface area contributed by atoms with Crippen LogP contribution >= 0.6 is 0 Å². The molecule has 190 valence electrons. The lowest BCUT2D eigenvalue weighted by Crippen LogP contribution is -2.36. The van der Waals surface area contributed by atoms with E-state index in [0.717, 1.165) is 41.6 Å². The van der Waals surface area contributed by atoms with E-state index in [1.165, 1.54) is 16.7 Å². The molecule has 0 aliphatic rings. The van der Waals surface area contributed by atoms with Crippen LogP contribution in [0.3, 0.4) is 0 Å². The molecule has 7 nitrogen and oxygen atoms in total. The van der Waals surface area contributed by atoms with Crippen molar-refractivity contribution in [1.29, 1.82) is 0 Å². The van der Waals surface area contributed by atoms with Gasteiger partial charge in [-0.15, -0.1) is 5.10 Å². The van der Waals surface area contributed by atoms with Gasteiger partial charge in [-0.05, 0) is 91.2 Å². The number of fused-ring (bicyclic) bond motifs is 1. The Morgan fingerprint density at radius 3 is 2.44 bits per heavy atom. The fraction of sp³-hybridized carbons (Fsp3) is 0.448. The van der Waals surface area contributed by atoms with E-state index in [-0.39, 0.29) is 17.1 Å². The summed E-state index contributed by atoms with van der Waals surface area (Å²) in [4.78, 5) is 18.7. The number of hydrogen-bond donors (Lipinski definition) is 1. The maximum Gasteiger partial charge on any atom is 0.252 e. The summed E-state index contributed by atoms with van der Waals surface area (Å²) in [5, 5.41) is 14.1. The first kappa shape index (κ1) is 25.8. The Labute approximate surface area is 213 Å². The highest BCUT2D eigenvalue weighted by Gasteiger charge is 2.31. The van der Waals surface area contributed by atoms with Crippen molar-refractivity contribution in [3.8, 4) is 0 Å². The predicted molar refractivity (Wildman–Crippen MR) is 145 cm³/mol. The van der Waals surface area contributed by atoms with Crippen LogP contribution < -0.4 is 5.56 Å². The van der Waals surface area contributed by atoms with Gasteiger partial charge in [0.05, 0.1) is 11.6 Å². The quantitative estimate of drug-likeness (QED) is 0.305. The molecular formula is C29H38N6O. The summed E-state index contributed by atoms with van der Waals surface area (Å²) in [7, 11) is 0. The van der Waals surface area contributed by atoms with Crippen LogP contribution in [0.5, 0.6) is 0 Å². The Morgan fingerprint density at radius 1 is 1.03 bits per heavy atom. The lowest BCUT2D eigenvalue weighted by molar-refractivity contribution is 0.145. The molecule has 0 radical (unpaired) electrons. The van der Waals surface area contributed by atoms with Gasteiger partial charge in [-0.25, -0.2) is 4.68 Å². The van der Waals surface area contributed by atoms with Gasteiger partial charge in [0.2, 0.25) is 0 Å². The van der Waals surface area contributed by atoms with Crippen LogP contribution in [-0.4, -0.2) is 30.1 Å². The minimum absolute atomic E-state index is 0.0362. The summed E-state index contributed by atoms with van der Waals surface area (Å²) >= 11 is 0. The van der Waals surface area contributed by atoms with Crippen molar-refractivity contribution in [2.24, 2.45) is 0 Å². The van der Waals surface area contributed by atoms with Gasteiger partial charge in [0.1, 0.15) is 0 Å². The van der Waals surface area contributed by atoms with Crippen LogP contribution in [0.1, 0.15) is 81.1 Å². The first-order valence-electron chi connectivity index (χ1n) is 12.9. The highest BCUT2D eigenvalue weighted by molar-refractivity contribution is 5.80. The standard InChI is InChI=1S/C29H38N6O/c1-7-12-26(27-31-32-33-35(27)29(5,6)8-2)34(18-22-13-10-9-11-14-22)19-24-17-23-15-20(3)21(4)16-25(23)30-28(24)36/h9-11,13-17,26H,7-8,12,18-19H2,1-6H3,(H,30,36)/t26-/m0/s1. The summed E-state index contributed by atoms with van der Waals surface area (Å²) < 4.78 is 1.97. The zero-order chi connectivity index (χ0) is 25.9. The lowest BCUT2D eigenvalue weighted by Gasteiger charge is -2.33. The van der Waals surface area contributed by atoms with E-state index < -0.39 is 0 Å². The number of H-pyrrole nitrogens is 1. The molecule has 0 bridgehead atoms. The van der Waals surface area contributed by atoms with E-state index in [1.54, 1.807) is 0 Å². The molecule has 1 N–H and O–H groups in total. The van der Waals surface area contributed by atoms with Gasteiger partial charge in [-0.2, -0.15) is 0 Å². The van der Waals surface area contributed by atoms with Crippen LogP contribution in [0, 0.1) is 13.8 Å². The van der Waals surface area contributed by atoms with Crippen molar-refractivity contribution in [2.45, 2.75) is 85.5 Å².